The van der Waals surface area contributed by atoms with Crippen molar-refractivity contribution < 1.29 is 14.3 Å². The summed E-state index contributed by atoms with van der Waals surface area (Å²) in [5.74, 6) is -1.20. The first-order valence-corrected chi connectivity index (χ1v) is 5.04. The average Bonchev–Trinajstić information content (AvgIpc) is 2.55. The second-order valence-corrected chi connectivity index (χ2v) is 3.91. The maximum absolute atomic E-state index is 11.5. The van der Waals surface area contributed by atoms with Crippen molar-refractivity contribution in [3.63, 3.8) is 0 Å². The summed E-state index contributed by atoms with van der Waals surface area (Å²) in [4.78, 5) is 22.8. The molecule has 0 spiro atoms. The molecule has 0 atom stereocenters. The maximum atomic E-state index is 11.5. The van der Waals surface area contributed by atoms with Gasteiger partial charge in [0.1, 0.15) is 0 Å². The van der Waals surface area contributed by atoms with Gasteiger partial charge in [0.15, 0.2) is 0 Å². The minimum absolute atomic E-state index is 0.305. The van der Waals surface area contributed by atoms with Gasteiger partial charge in [-0.15, -0.1) is 0 Å². The fraction of sp³-hybridized carbons (Fsp3) is 0. The highest BCUT2D eigenvalue weighted by Gasteiger charge is 2.31. The van der Waals surface area contributed by atoms with Crippen LogP contribution >= 0.6 is 11.6 Å². The number of benzene rings is 2. The molecule has 4 heteroatoms. The van der Waals surface area contributed by atoms with E-state index in [1.807, 2.05) is 0 Å². The van der Waals surface area contributed by atoms with E-state index in [2.05, 4.69) is 4.74 Å². The van der Waals surface area contributed by atoms with Gasteiger partial charge in [-0.05, 0) is 17.5 Å². The van der Waals surface area contributed by atoms with E-state index in [1.54, 1.807) is 30.3 Å². The number of carbonyl (C=O) groups excluding carboxylic acids is 2. The molecular weight excluding hydrogens is 228 g/mol. The molecule has 16 heavy (non-hydrogen) atoms. The van der Waals surface area contributed by atoms with E-state index < -0.39 is 11.9 Å². The van der Waals surface area contributed by atoms with Crippen LogP contribution in [0.1, 0.15) is 20.7 Å². The molecule has 2 aromatic carbocycles. The molecule has 0 aromatic heterocycles. The molecule has 0 amide bonds. The third-order valence-electron chi connectivity index (χ3n) is 2.62. The number of fused-ring (bicyclic) bond motifs is 3. The van der Waals surface area contributed by atoms with Crippen LogP contribution in [-0.2, 0) is 4.74 Å². The van der Waals surface area contributed by atoms with Gasteiger partial charge in [-0.1, -0.05) is 29.8 Å². The molecule has 0 saturated carbocycles. The van der Waals surface area contributed by atoms with E-state index in [1.165, 1.54) is 0 Å². The zero-order valence-corrected chi connectivity index (χ0v) is 8.75. The third-order valence-corrected chi connectivity index (χ3v) is 2.95. The SMILES string of the molecule is O=C1OC(=O)c2c1ccc1c(Cl)cccc21. The summed E-state index contributed by atoms with van der Waals surface area (Å²) < 4.78 is 4.56. The van der Waals surface area contributed by atoms with Gasteiger partial charge in [-0.2, -0.15) is 0 Å². The van der Waals surface area contributed by atoms with Crippen LogP contribution < -0.4 is 0 Å². The minimum Gasteiger partial charge on any atom is -0.386 e. The van der Waals surface area contributed by atoms with Gasteiger partial charge in [0, 0.05) is 10.4 Å². The zero-order valence-electron chi connectivity index (χ0n) is 7.99. The molecule has 1 aliphatic heterocycles. The highest BCUT2D eigenvalue weighted by atomic mass is 35.5. The van der Waals surface area contributed by atoms with Gasteiger partial charge in [-0.3, -0.25) is 0 Å². The highest BCUT2D eigenvalue weighted by molar-refractivity contribution is 6.36. The molecule has 2 aromatic rings. The number of carbonyl (C=O) groups is 2. The summed E-state index contributed by atoms with van der Waals surface area (Å²) in [5.41, 5.74) is 0.616. The Balaban J connectivity index is 2.50. The molecule has 0 fully saturated rings. The molecule has 0 saturated heterocycles. The predicted molar refractivity (Wildman–Crippen MR) is 58.7 cm³/mol. The Morgan fingerprint density at radius 2 is 1.75 bits per heavy atom. The number of rotatable bonds is 0. The van der Waals surface area contributed by atoms with Gasteiger partial charge < -0.3 is 4.74 Å². The van der Waals surface area contributed by atoms with E-state index in [0.717, 1.165) is 5.39 Å². The summed E-state index contributed by atoms with van der Waals surface area (Å²) in [6.45, 7) is 0. The number of esters is 2. The lowest BCUT2D eigenvalue weighted by Crippen LogP contribution is -1.97. The molecule has 3 rings (SSSR count). The fourth-order valence-electron chi connectivity index (χ4n) is 1.90. The molecule has 0 N–H and O–H groups in total. The second-order valence-electron chi connectivity index (χ2n) is 3.50. The average molecular weight is 233 g/mol. The van der Waals surface area contributed by atoms with Crippen molar-refractivity contribution in [1.82, 2.24) is 0 Å². The Hall–Kier alpha value is -1.87. The quantitative estimate of drug-likeness (QED) is 0.518. The van der Waals surface area contributed by atoms with Crippen LogP contribution in [0.2, 0.25) is 5.02 Å². The highest BCUT2D eigenvalue weighted by Crippen LogP contribution is 2.31. The number of ether oxygens (including phenoxy) is 1. The van der Waals surface area contributed by atoms with Crippen LogP contribution in [0.15, 0.2) is 30.3 Å². The standard InChI is InChI=1S/C12H5ClO3/c13-9-3-1-2-7-6(9)4-5-8-10(7)12(15)16-11(8)14/h1-5H. The molecule has 0 aliphatic carbocycles. The lowest BCUT2D eigenvalue weighted by molar-refractivity contribution is 0.0444. The lowest BCUT2D eigenvalue weighted by atomic mass is 10.0. The number of cyclic esters (lactones) is 2. The largest absolute Gasteiger partial charge is 0.386 e. The normalized spacial score (nSPS) is 14.1. The van der Waals surface area contributed by atoms with Crippen molar-refractivity contribution in [2.45, 2.75) is 0 Å². The van der Waals surface area contributed by atoms with E-state index in [-0.39, 0.29) is 0 Å². The van der Waals surface area contributed by atoms with Crippen LogP contribution in [0.25, 0.3) is 10.8 Å². The Bertz CT molecular complexity index is 646. The first-order chi connectivity index (χ1) is 7.68. The number of hydrogen-bond donors (Lipinski definition) is 0. The number of halogens is 1. The van der Waals surface area contributed by atoms with E-state index in [0.29, 0.717) is 21.5 Å². The molecule has 0 bridgehead atoms. The first-order valence-electron chi connectivity index (χ1n) is 4.66. The lowest BCUT2D eigenvalue weighted by Gasteiger charge is -2.02. The molecule has 1 heterocycles. The molecular formula is C12H5ClO3. The molecule has 0 radical (unpaired) electrons. The fourth-order valence-corrected chi connectivity index (χ4v) is 2.14. The van der Waals surface area contributed by atoms with Crippen molar-refractivity contribution in [1.29, 1.82) is 0 Å². The minimum atomic E-state index is -0.604. The molecule has 78 valence electrons. The van der Waals surface area contributed by atoms with Crippen LogP contribution in [0.3, 0.4) is 0 Å². The summed E-state index contributed by atoms with van der Waals surface area (Å²) in [6.07, 6.45) is 0. The number of hydrogen-bond acceptors (Lipinski definition) is 3. The Kier molecular flexibility index (Phi) is 1.79. The first kappa shape index (κ1) is 9.36. The van der Waals surface area contributed by atoms with Crippen molar-refractivity contribution >= 4 is 34.3 Å². The van der Waals surface area contributed by atoms with Crippen molar-refractivity contribution in [3.05, 3.63) is 46.5 Å². The van der Waals surface area contributed by atoms with Gasteiger partial charge in [-0.25, -0.2) is 9.59 Å². The van der Waals surface area contributed by atoms with Crippen LogP contribution in [0, 0.1) is 0 Å². The maximum Gasteiger partial charge on any atom is 0.347 e. The van der Waals surface area contributed by atoms with Gasteiger partial charge >= 0.3 is 11.9 Å². The smallest absolute Gasteiger partial charge is 0.347 e. The predicted octanol–water partition coefficient (Wildman–Crippen LogP) is 2.80. The summed E-state index contributed by atoms with van der Waals surface area (Å²) >= 11 is 6.01. The van der Waals surface area contributed by atoms with E-state index in [9.17, 15) is 9.59 Å². The molecule has 0 unspecified atom stereocenters. The summed E-state index contributed by atoms with van der Waals surface area (Å²) in [6, 6.07) is 8.51. The third kappa shape index (κ3) is 1.09. The molecule has 1 aliphatic rings. The van der Waals surface area contributed by atoms with Gasteiger partial charge in [0.2, 0.25) is 0 Å². The van der Waals surface area contributed by atoms with E-state index in [4.69, 9.17) is 11.6 Å². The van der Waals surface area contributed by atoms with Gasteiger partial charge in [0.25, 0.3) is 0 Å². The van der Waals surface area contributed by atoms with Gasteiger partial charge in [0.05, 0.1) is 11.1 Å². The van der Waals surface area contributed by atoms with Crippen LogP contribution in [-0.4, -0.2) is 11.9 Å². The Morgan fingerprint density at radius 3 is 2.56 bits per heavy atom. The van der Waals surface area contributed by atoms with Crippen LogP contribution in [0.4, 0.5) is 0 Å². The summed E-state index contributed by atoms with van der Waals surface area (Å²) in [5, 5.41) is 1.95. The second kappa shape index (κ2) is 3.06. The van der Waals surface area contributed by atoms with Crippen molar-refractivity contribution in [2.24, 2.45) is 0 Å². The van der Waals surface area contributed by atoms with E-state index >= 15 is 0 Å². The Morgan fingerprint density at radius 1 is 0.938 bits per heavy atom. The van der Waals surface area contributed by atoms with Crippen molar-refractivity contribution in [3.8, 4) is 0 Å². The zero-order chi connectivity index (χ0) is 11.3. The monoisotopic (exact) mass is 232 g/mol. The molecule has 3 nitrogen and oxygen atoms in total. The van der Waals surface area contributed by atoms with Crippen molar-refractivity contribution in [2.75, 3.05) is 0 Å². The topological polar surface area (TPSA) is 43.4 Å². The van der Waals surface area contributed by atoms with Crippen LogP contribution in [0.5, 0.6) is 0 Å². The summed E-state index contributed by atoms with van der Waals surface area (Å²) in [7, 11) is 0. The Labute approximate surface area is 95.6 Å².